The molecule has 2 atom stereocenters. The quantitative estimate of drug-likeness (QED) is 0.591. The summed E-state index contributed by atoms with van der Waals surface area (Å²) < 4.78 is 6.17. The number of fused-ring (bicyclic) bond motifs is 1. The van der Waals surface area contributed by atoms with Crippen molar-refractivity contribution in [3.8, 4) is 16.9 Å². The van der Waals surface area contributed by atoms with Crippen LogP contribution in [0.2, 0.25) is 0 Å². The average molecular weight is 313 g/mol. The van der Waals surface area contributed by atoms with E-state index in [0.29, 0.717) is 0 Å². The standard InChI is InChI=1S/C23H21O/c1-15-7-11-18(12-8-15)20-5-4-6-21-23(20)22(17(3)24-21)19-13-9-16(2)10-14-19/h4,6-14,17,22H,1-3H3. The summed E-state index contributed by atoms with van der Waals surface area (Å²) in [5.41, 5.74) is 7.47. The zero-order chi connectivity index (χ0) is 16.7. The van der Waals surface area contributed by atoms with E-state index in [1.165, 1.54) is 27.8 Å². The molecule has 0 aliphatic carbocycles. The molecule has 3 aromatic rings. The minimum atomic E-state index is 0.128. The van der Waals surface area contributed by atoms with Crippen molar-refractivity contribution in [1.29, 1.82) is 0 Å². The van der Waals surface area contributed by atoms with Gasteiger partial charge in [0, 0.05) is 11.5 Å². The maximum atomic E-state index is 6.17. The predicted molar refractivity (Wildman–Crippen MR) is 98.6 cm³/mol. The third-order valence-corrected chi connectivity index (χ3v) is 4.87. The number of benzene rings is 3. The maximum Gasteiger partial charge on any atom is 0.124 e. The zero-order valence-electron chi connectivity index (χ0n) is 14.3. The third kappa shape index (κ3) is 2.50. The van der Waals surface area contributed by atoms with Crippen LogP contribution >= 0.6 is 0 Å². The van der Waals surface area contributed by atoms with E-state index in [4.69, 9.17) is 4.74 Å². The molecule has 1 aliphatic heterocycles. The minimum Gasteiger partial charge on any atom is -0.489 e. The van der Waals surface area contributed by atoms with Crippen LogP contribution in [-0.2, 0) is 0 Å². The van der Waals surface area contributed by atoms with Gasteiger partial charge in [0.2, 0.25) is 0 Å². The van der Waals surface area contributed by atoms with Crippen LogP contribution in [0.15, 0.2) is 60.7 Å². The lowest BCUT2D eigenvalue weighted by Gasteiger charge is -2.18. The molecule has 0 bridgehead atoms. The van der Waals surface area contributed by atoms with Crippen LogP contribution in [0.3, 0.4) is 0 Å². The van der Waals surface area contributed by atoms with Gasteiger partial charge in [-0.2, -0.15) is 0 Å². The van der Waals surface area contributed by atoms with Crippen molar-refractivity contribution in [3.63, 3.8) is 0 Å². The van der Waals surface area contributed by atoms with Crippen molar-refractivity contribution in [3.05, 3.63) is 89.0 Å². The molecule has 119 valence electrons. The van der Waals surface area contributed by atoms with Gasteiger partial charge >= 0.3 is 0 Å². The molecule has 0 aromatic heterocycles. The maximum absolute atomic E-state index is 6.17. The highest BCUT2D eigenvalue weighted by Crippen LogP contribution is 2.46. The SMILES string of the molecule is Cc1ccc(-c2[c]ccc3c2C(c2ccc(C)cc2)C(C)O3)cc1. The summed E-state index contributed by atoms with van der Waals surface area (Å²) in [6.07, 6.45) is 0.128. The van der Waals surface area contributed by atoms with Crippen LogP contribution < -0.4 is 4.74 Å². The average Bonchev–Trinajstić information content (AvgIpc) is 2.92. The van der Waals surface area contributed by atoms with E-state index in [1.54, 1.807) is 0 Å². The van der Waals surface area contributed by atoms with E-state index >= 15 is 0 Å². The van der Waals surface area contributed by atoms with Crippen molar-refractivity contribution in [2.75, 3.05) is 0 Å². The fourth-order valence-electron chi connectivity index (χ4n) is 3.58. The Kier molecular flexibility index (Phi) is 3.65. The Labute approximate surface area is 143 Å². The second kappa shape index (κ2) is 5.83. The molecule has 0 amide bonds. The molecule has 0 saturated heterocycles. The summed E-state index contributed by atoms with van der Waals surface area (Å²) in [6, 6.07) is 24.9. The van der Waals surface area contributed by atoms with Crippen molar-refractivity contribution >= 4 is 0 Å². The van der Waals surface area contributed by atoms with Crippen molar-refractivity contribution in [2.45, 2.75) is 32.8 Å². The van der Waals surface area contributed by atoms with Gasteiger partial charge in [-0.25, -0.2) is 0 Å². The highest BCUT2D eigenvalue weighted by molar-refractivity contribution is 5.73. The second-order valence-electron chi connectivity index (χ2n) is 6.71. The van der Waals surface area contributed by atoms with Gasteiger partial charge in [-0.05, 0) is 49.6 Å². The summed E-state index contributed by atoms with van der Waals surface area (Å²) in [5, 5.41) is 0. The molecule has 0 fully saturated rings. The fourth-order valence-corrected chi connectivity index (χ4v) is 3.58. The van der Waals surface area contributed by atoms with Gasteiger partial charge < -0.3 is 4.74 Å². The van der Waals surface area contributed by atoms with E-state index in [2.05, 4.69) is 75.4 Å². The number of hydrogen-bond acceptors (Lipinski definition) is 1. The number of hydrogen-bond donors (Lipinski definition) is 0. The smallest absolute Gasteiger partial charge is 0.124 e. The zero-order valence-corrected chi connectivity index (χ0v) is 14.3. The first kappa shape index (κ1) is 15.0. The van der Waals surface area contributed by atoms with Gasteiger partial charge in [0.25, 0.3) is 0 Å². The Morgan fingerprint density at radius 3 is 2.12 bits per heavy atom. The Balaban J connectivity index is 1.87. The van der Waals surface area contributed by atoms with Crippen LogP contribution in [0.4, 0.5) is 0 Å². The highest BCUT2D eigenvalue weighted by Gasteiger charge is 2.34. The second-order valence-corrected chi connectivity index (χ2v) is 6.71. The van der Waals surface area contributed by atoms with Crippen molar-refractivity contribution in [1.82, 2.24) is 0 Å². The Bertz CT molecular complexity index is 860. The first-order chi connectivity index (χ1) is 11.6. The van der Waals surface area contributed by atoms with E-state index in [-0.39, 0.29) is 12.0 Å². The summed E-state index contributed by atoms with van der Waals surface area (Å²) >= 11 is 0. The molecule has 24 heavy (non-hydrogen) atoms. The Morgan fingerprint density at radius 2 is 1.46 bits per heavy atom. The van der Waals surface area contributed by atoms with E-state index in [1.807, 2.05) is 12.1 Å². The number of aryl methyl sites for hydroxylation is 2. The molecule has 1 radical (unpaired) electrons. The van der Waals surface area contributed by atoms with Crippen LogP contribution in [0.25, 0.3) is 11.1 Å². The van der Waals surface area contributed by atoms with Gasteiger partial charge in [-0.1, -0.05) is 65.7 Å². The van der Waals surface area contributed by atoms with Crippen LogP contribution in [-0.4, -0.2) is 6.10 Å². The van der Waals surface area contributed by atoms with Gasteiger partial charge in [-0.15, -0.1) is 0 Å². The van der Waals surface area contributed by atoms with Crippen LogP contribution in [0.1, 0.15) is 35.1 Å². The molecule has 2 unspecified atom stereocenters. The molecule has 1 nitrogen and oxygen atoms in total. The largest absolute Gasteiger partial charge is 0.489 e. The third-order valence-electron chi connectivity index (χ3n) is 4.87. The van der Waals surface area contributed by atoms with E-state index in [0.717, 1.165) is 11.3 Å². The lowest BCUT2D eigenvalue weighted by atomic mass is 9.84. The summed E-state index contributed by atoms with van der Waals surface area (Å²) in [6.45, 7) is 6.39. The molecular weight excluding hydrogens is 292 g/mol. The van der Waals surface area contributed by atoms with Gasteiger partial charge in [0.15, 0.2) is 0 Å². The van der Waals surface area contributed by atoms with Crippen molar-refractivity contribution < 1.29 is 4.74 Å². The molecule has 0 spiro atoms. The van der Waals surface area contributed by atoms with E-state index < -0.39 is 0 Å². The first-order valence-electron chi connectivity index (χ1n) is 8.48. The summed E-state index contributed by atoms with van der Waals surface area (Å²) in [4.78, 5) is 0. The molecule has 3 aromatic carbocycles. The van der Waals surface area contributed by atoms with Gasteiger partial charge in [0.05, 0.1) is 0 Å². The lowest BCUT2D eigenvalue weighted by Crippen LogP contribution is -2.15. The molecule has 1 heteroatoms. The van der Waals surface area contributed by atoms with Gasteiger partial charge in [-0.3, -0.25) is 0 Å². The highest BCUT2D eigenvalue weighted by atomic mass is 16.5. The molecule has 0 saturated carbocycles. The Hall–Kier alpha value is -2.54. The van der Waals surface area contributed by atoms with Crippen LogP contribution in [0, 0.1) is 19.9 Å². The molecule has 1 aliphatic rings. The normalized spacial score (nSPS) is 19.0. The number of rotatable bonds is 2. The monoisotopic (exact) mass is 313 g/mol. The topological polar surface area (TPSA) is 9.23 Å². The summed E-state index contributed by atoms with van der Waals surface area (Å²) in [7, 11) is 0. The fraction of sp³-hybridized carbons (Fsp3) is 0.217. The number of ether oxygens (including phenoxy) is 1. The molecule has 1 heterocycles. The van der Waals surface area contributed by atoms with Gasteiger partial charge in [0.1, 0.15) is 11.9 Å². The molecule has 0 N–H and O–H groups in total. The minimum absolute atomic E-state index is 0.128. The van der Waals surface area contributed by atoms with Crippen LogP contribution in [0.5, 0.6) is 5.75 Å². The van der Waals surface area contributed by atoms with E-state index in [9.17, 15) is 0 Å². The molecular formula is C23H21O. The molecule has 4 rings (SSSR count). The summed E-state index contributed by atoms with van der Waals surface area (Å²) in [5.74, 6) is 1.23. The first-order valence-corrected chi connectivity index (χ1v) is 8.48. The predicted octanol–water partition coefficient (Wildman–Crippen LogP) is 5.68. The van der Waals surface area contributed by atoms with Crippen molar-refractivity contribution in [2.24, 2.45) is 0 Å². The lowest BCUT2D eigenvalue weighted by molar-refractivity contribution is 0.239. The Morgan fingerprint density at radius 1 is 0.833 bits per heavy atom.